The molecule has 0 aliphatic heterocycles. The summed E-state index contributed by atoms with van der Waals surface area (Å²) in [5.74, 6) is -4.70. The molecule has 1 aromatic rings. The first kappa shape index (κ1) is 14.6. The van der Waals surface area contributed by atoms with E-state index in [0.717, 1.165) is 0 Å². The van der Waals surface area contributed by atoms with Gasteiger partial charge in [-0.2, -0.15) is 0 Å². The average Bonchev–Trinajstić information content (AvgIpc) is 1.99. The zero-order chi connectivity index (χ0) is 11.6. The van der Waals surface area contributed by atoms with E-state index in [9.17, 15) is 18.4 Å². The second-order valence-electron chi connectivity index (χ2n) is 2.66. The third kappa shape index (κ3) is 3.31. The Labute approximate surface area is 104 Å². The molecule has 2 N–H and O–H groups in total. The van der Waals surface area contributed by atoms with Crippen molar-refractivity contribution in [1.82, 2.24) is 0 Å². The topological polar surface area (TPSA) is 66.4 Å². The van der Waals surface area contributed by atoms with Crippen LogP contribution in [0.15, 0.2) is 12.1 Å². The third-order valence-corrected chi connectivity index (χ3v) is 1.54. The molecule has 0 atom stereocenters. The minimum Gasteiger partial charge on any atom is -0.478 e. The second-order valence-corrected chi connectivity index (χ2v) is 2.66. The number of carbonyl (C=O) groups is 2. The van der Waals surface area contributed by atoms with Crippen molar-refractivity contribution in [2.75, 3.05) is 5.32 Å². The number of halogens is 2. The molecule has 0 aliphatic carbocycles. The Kier molecular flexibility index (Phi) is 5.11. The zero-order valence-corrected chi connectivity index (χ0v) is 10.7. The van der Waals surface area contributed by atoms with E-state index in [2.05, 4.69) is 6.92 Å². The van der Waals surface area contributed by atoms with Crippen molar-refractivity contribution < 1.29 is 44.5 Å². The Balaban J connectivity index is 0.00000225. The smallest absolute Gasteiger partial charge is 0.340 e. The van der Waals surface area contributed by atoms with Gasteiger partial charge < -0.3 is 22.1 Å². The van der Waals surface area contributed by atoms with E-state index in [1.807, 2.05) is 5.32 Å². The minimum atomic E-state index is -1.60. The van der Waals surface area contributed by atoms with Crippen LogP contribution in [0.5, 0.6) is 0 Å². The number of carbonyl (C=O) groups excluding carboxylic acids is 1. The zero-order valence-electron chi connectivity index (χ0n) is 7.79. The molecular formula is C9H6F2NO3W-. The summed E-state index contributed by atoms with van der Waals surface area (Å²) in [4.78, 5) is 21.2. The fourth-order valence-electron chi connectivity index (χ4n) is 1.04. The van der Waals surface area contributed by atoms with Crippen molar-refractivity contribution in [3.8, 4) is 0 Å². The molecule has 0 heterocycles. The molecule has 0 fully saturated rings. The summed E-state index contributed by atoms with van der Waals surface area (Å²) in [5, 5.41) is 10.5. The van der Waals surface area contributed by atoms with Crippen LogP contribution in [0.3, 0.4) is 0 Å². The summed E-state index contributed by atoms with van der Waals surface area (Å²) in [7, 11) is 0. The summed E-state index contributed by atoms with van der Waals surface area (Å²) >= 11 is 0. The molecule has 86 valence electrons. The molecule has 0 aromatic heterocycles. The first-order valence-corrected chi connectivity index (χ1v) is 3.77. The van der Waals surface area contributed by atoms with Gasteiger partial charge in [0, 0.05) is 27.1 Å². The van der Waals surface area contributed by atoms with Crippen LogP contribution in [0.1, 0.15) is 10.4 Å². The standard InChI is InChI=1S/C9H6F2NO3.W/c1-4(13)12-7-3-5(10)2-6(11)8(7)9(14)15;/h2-3H,1H2,(H,12,13)(H,14,15);/q-1;. The van der Waals surface area contributed by atoms with Crippen LogP contribution in [0.2, 0.25) is 0 Å². The summed E-state index contributed by atoms with van der Waals surface area (Å²) in [6.07, 6.45) is 0. The predicted octanol–water partition coefficient (Wildman–Crippen LogP) is 1.43. The second kappa shape index (κ2) is 5.60. The minimum absolute atomic E-state index is 0. The molecule has 1 rings (SSSR count). The Hall–Kier alpha value is -1.42. The number of hydrogen-bond acceptors (Lipinski definition) is 2. The van der Waals surface area contributed by atoms with Gasteiger partial charge in [-0.15, -0.1) is 0 Å². The summed E-state index contributed by atoms with van der Waals surface area (Å²) in [6.45, 7) is 2.91. The Morgan fingerprint density at radius 1 is 1.31 bits per heavy atom. The number of rotatable bonds is 2. The van der Waals surface area contributed by atoms with Gasteiger partial charge in [0.05, 0.1) is 11.6 Å². The number of aromatic carboxylic acids is 1. The monoisotopic (exact) mass is 398 g/mol. The van der Waals surface area contributed by atoms with Crippen LogP contribution in [0, 0.1) is 18.6 Å². The number of carboxylic acids is 1. The van der Waals surface area contributed by atoms with E-state index in [0.29, 0.717) is 12.1 Å². The van der Waals surface area contributed by atoms with Crippen molar-refractivity contribution in [3.63, 3.8) is 0 Å². The van der Waals surface area contributed by atoms with Gasteiger partial charge in [0.1, 0.15) is 17.2 Å². The Bertz CT molecular complexity index is 437. The van der Waals surface area contributed by atoms with Gasteiger partial charge in [0.15, 0.2) is 0 Å². The van der Waals surface area contributed by atoms with Crippen LogP contribution in [0.4, 0.5) is 14.5 Å². The van der Waals surface area contributed by atoms with Crippen LogP contribution in [0.25, 0.3) is 0 Å². The first-order chi connectivity index (χ1) is 6.91. The fourth-order valence-corrected chi connectivity index (χ4v) is 1.04. The number of hydrogen-bond donors (Lipinski definition) is 2. The van der Waals surface area contributed by atoms with Crippen molar-refractivity contribution >= 4 is 17.6 Å². The van der Waals surface area contributed by atoms with Gasteiger partial charge in [-0.1, -0.05) is 0 Å². The maximum absolute atomic E-state index is 13.0. The van der Waals surface area contributed by atoms with Crippen LogP contribution in [-0.2, 0) is 25.9 Å². The molecule has 1 amide bonds. The maximum Gasteiger partial charge on any atom is 0.340 e. The van der Waals surface area contributed by atoms with E-state index >= 15 is 0 Å². The quantitative estimate of drug-likeness (QED) is 0.742. The Morgan fingerprint density at radius 3 is 2.31 bits per heavy atom. The fraction of sp³-hybridized carbons (Fsp3) is 0. The van der Waals surface area contributed by atoms with Crippen molar-refractivity contribution in [2.45, 2.75) is 0 Å². The number of anilines is 1. The van der Waals surface area contributed by atoms with E-state index in [1.165, 1.54) is 0 Å². The van der Waals surface area contributed by atoms with Crippen LogP contribution < -0.4 is 5.32 Å². The van der Waals surface area contributed by atoms with Crippen molar-refractivity contribution in [3.05, 3.63) is 36.3 Å². The van der Waals surface area contributed by atoms with Gasteiger partial charge in [0.25, 0.3) is 0 Å². The van der Waals surface area contributed by atoms with Crippen LogP contribution >= 0.6 is 0 Å². The molecule has 4 nitrogen and oxygen atoms in total. The molecular weight excluding hydrogens is 392 g/mol. The third-order valence-electron chi connectivity index (χ3n) is 1.54. The molecule has 7 heteroatoms. The molecule has 0 radical (unpaired) electrons. The van der Waals surface area contributed by atoms with E-state index in [4.69, 9.17) is 5.11 Å². The Morgan fingerprint density at radius 2 is 1.88 bits per heavy atom. The number of benzene rings is 1. The number of amides is 1. The van der Waals surface area contributed by atoms with Gasteiger partial charge in [-0.25, -0.2) is 13.6 Å². The SMILES string of the molecule is [CH2-]C(=O)Nc1cc(F)cc(F)c1C(=O)O.[W]. The van der Waals surface area contributed by atoms with Crippen molar-refractivity contribution in [2.24, 2.45) is 0 Å². The molecule has 0 saturated heterocycles. The normalized spacial score (nSPS) is 9.12. The molecule has 0 unspecified atom stereocenters. The van der Waals surface area contributed by atoms with Gasteiger partial charge in [-0.05, 0) is 6.07 Å². The predicted molar refractivity (Wildman–Crippen MR) is 47.3 cm³/mol. The van der Waals surface area contributed by atoms with Gasteiger partial charge in [0.2, 0.25) is 0 Å². The molecule has 0 saturated carbocycles. The van der Waals surface area contributed by atoms with E-state index in [-0.39, 0.29) is 21.1 Å². The average molecular weight is 398 g/mol. The molecule has 0 aliphatic rings. The molecule has 0 spiro atoms. The van der Waals surface area contributed by atoms with Gasteiger partial charge >= 0.3 is 5.97 Å². The molecule has 1 aromatic carbocycles. The summed E-state index contributed by atoms with van der Waals surface area (Å²) < 4.78 is 25.7. The van der Waals surface area contributed by atoms with E-state index < -0.39 is 34.8 Å². The maximum atomic E-state index is 13.0. The largest absolute Gasteiger partial charge is 0.478 e. The summed E-state index contributed by atoms with van der Waals surface area (Å²) in [6, 6.07) is 1.12. The number of nitrogens with one attached hydrogen (secondary N) is 1. The van der Waals surface area contributed by atoms with Crippen molar-refractivity contribution in [1.29, 1.82) is 0 Å². The molecule has 16 heavy (non-hydrogen) atoms. The van der Waals surface area contributed by atoms with Gasteiger partial charge in [-0.3, -0.25) is 0 Å². The summed E-state index contributed by atoms with van der Waals surface area (Å²) in [5.41, 5.74) is -1.26. The van der Waals surface area contributed by atoms with Crippen LogP contribution in [-0.4, -0.2) is 17.0 Å². The number of carboxylic acid groups (broad SMARTS) is 1. The first-order valence-electron chi connectivity index (χ1n) is 3.77. The molecule has 0 bridgehead atoms. The van der Waals surface area contributed by atoms with E-state index in [1.54, 1.807) is 0 Å².